The van der Waals surface area contributed by atoms with E-state index in [1.54, 1.807) is 18.3 Å². The summed E-state index contributed by atoms with van der Waals surface area (Å²) in [4.78, 5) is 32.3. The van der Waals surface area contributed by atoms with Crippen LogP contribution in [0.1, 0.15) is 48.7 Å². The first-order valence-electron chi connectivity index (χ1n) is 9.49. The molecule has 1 atom stereocenters. The van der Waals surface area contributed by atoms with Crippen LogP contribution in [0.2, 0.25) is 0 Å². The molecular weight excluding hydrogens is 358 g/mol. The van der Waals surface area contributed by atoms with Crippen LogP contribution in [0.4, 0.5) is 5.69 Å². The molecule has 1 aromatic carbocycles. The summed E-state index contributed by atoms with van der Waals surface area (Å²) in [5.74, 6) is -0.216. The zero-order valence-corrected chi connectivity index (χ0v) is 16.4. The summed E-state index contributed by atoms with van der Waals surface area (Å²) in [7, 11) is 0. The predicted octanol–water partition coefficient (Wildman–Crippen LogP) is 4.10. The van der Waals surface area contributed by atoms with Crippen molar-refractivity contribution in [1.29, 1.82) is 0 Å². The second-order valence-electron chi connectivity index (χ2n) is 7.06. The molecule has 0 aliphatic heterocycles. The maximum atomic E-state index is 13.1. The van der Waals surface area contributed by atoms with Gasteiger partial charge in [-0.2, -0.15) is 0 Å². The number of nitrogens with zero attached hydrogens (tertiary/aromatic N) is 2. The van der Waals surface area contributed by atoms with Crippen molar-refractivity contribution >= 4 is 33.1 Å². The molecule has 1 aliphatic rings. The minimum Gasteiger partial charge on any atom is -0.324 e. The van der Waals surface area contributed by atoms with Crippen LogP contribution in [-0.2, 0) is 24.1 Å². The second-order valence-corrected chi connectivity index (χ2v) is 8.15. The number of anilines is 1. The average molecular weight is 382 g/mol. The zero-order valence-electron chi connectivity index (χ0n) is 15.6. The van der Waals surface area contributed by atoms with Crippen molar-refractivity contribution in [3.63, 3.8) is 0 Å². The first-order valence-corrected chi connectivity index (χ1v) is 10.3. The average Bonchev–Trinajstić information content (AvgIpc) is 3.07. The van der Waals surface area contributed by atoms with Gasteiger partial charge in [-0.1, -0.05) is 19.1 Å². The smallest absolute Gasteiger partial charge is 0.263 e. The van der Waals surface area contributed by atoms with E-state index in [9.17, 15) is 9.59 Å². The van der Waals surface area contributed by atoms with Gasteiger partial charge in [-0.25, -0.2) is 4.98 Å². The molecule has 0 fully saturated rings. The lowest BCUT2D eigenvalue weighted by atomic mass is 9.97. The fraction of sp³-hybridized carbons (Fsp3) is 0.381. The second kappa shape index (κ2) is 7.27. The number of carbonyl (C=O) groups excluding carboxylic acids is 1. The quantitative estimate of drug-likeness (QED) is 0.740. The highest BCUT2D eigenvalue weighted by atomic mass is 32.1. The van der Waals surface area contributed by atoms with Crippen molar-refractivity contribution < 1.29 is 4.79 Å². The maximum Gasteiger partial charge on any atom is 0.263 e. The number of benzene rings is 1. The minimum atomic E-state index is -0.626. The molecule has 27 heavy (non-hydrogen) atoms. The molecule has 0 bridgehead atoms. The van der Waals surface area contributed by atoms with Gasteiger partial charge in [0.15, 0.2) is 0 Å². The molecule has 0 saturated heterocycles. The molecule has 0 spiro atoms. The highest BCUT2D eigenvalue weighted by Gasteiger charge is 2.23. The zero-order chi connectivity index (χ0) is 19.0. The summed E-state index contributed by atoms with van der Waals surface area (Å²) in [5.41, 5.74) is 2.99. The largest absolute Gasteiger partial charge is 0.324 e. The van der Waals surface area contributed by atoms with E-state index in [1.807, 2.05) is 24.3 Å². The molecule has 1 N–H and O–H groups in total. The molecule has 1 aliphatic carbocycles. The van der Waals surface area contributed by atoms with E-state index >= 15 is 0 Å². The molecule has 2 aromatic heterocycles. The number of hydrogen-bond donors (Lipinski definition) is 1. The van der Waals surface area contributed by atoms with Gasteiger partial charge < -0.3 is 5.32 Å². The highest BCUT2D eigenvalue weighted by Crippen LogP contribution is 2.33. The minimum absolute atomic E-state index is 0.108. The van der Waals surface area contributed by atoms with Crippen molar-refractivity contribution in [2.45, 2.75) is 52.0 Å². The van der Waals surface area contributed by atoms with E-state index in [1.165, 1.54) is 27.8 Å². The Balaban J connectivity index is 1.63. The SMILES string of the molecule is CCc1ccc(NC(=O)[C@H](C)n2cnc3sc4c(c3c2=O)CCCC4)cc1. The number of rotatable bonds is 4. The highest BCUT2D eigenvalue weighted by molar-refractivity contribution is 7.18. The molecule has 0 saturated carbocycles. The molecule has 140 valence electrons. The standard InChI is InChI=1S/C21H23N3O2S/c1-3-14-8-10-15(11-9-14)23-19(25)13(2)24-12-22-20-18(21(24)26)16-6-4-5-7-17(16)27-20/h8-13H,3-7H2,1-2H3,(H,23,25)/t13-/m0/s1. The molecule has 3 aromatic rings. The first-order chi connectivity index (χ1) is 13.1. The van der Waals surface area contributed by atoms with Gasteiger partial charge in [0.1, 0.15) is 10.9 Å². The molecule has 5 nitrogen and oxygen atoms in total. The summed E-state index contributed by atoms with van der Waals surface area (Å²) in [6, 6.07) is 7.15. The van der Waals surface area contributed by atoms with E-state index in [0.29, 0.717) is 5.39 Å². The summed E-state index contributed by atoms with van der Waals surface area (Å²) in [6.45, 7) is 3.83. The van der Waals surface area contributed by atoms with E-state index in [4.69, 9.17) is 0 Å². The summed E-state index contributed by atoms with van der Waals surface area (Å²) in [5, 5.41) is 3.61. The van der Waals surface area contributed by atoms with E-state index in [-0.39, 0.29) is 11.5 Å². The van der Waals surface area contributed by atoms with Gasteiger partial charge in [0.2, 0.25) is 5.91 Å². The number of hydrogen-bond acceptors (Lipinski definition) is 4. The number of thiophene rings is 1. The Morgan fingerprint density at radius 1 is 1.26 bits per heavy atom. The van der Waals surface area contributed by atoms with Crippen LogP contribution >= 0.6 is 11.3 Å². The molecular formula is C21H23N3O2S. The topological polar surface area (TPSA) is 64.0 Å². The van der Waals surface area contributed by atoms with Crippen molar-refractivity contribution in [2.24, 2.45) is 0 Å². The van der Waals surface area contributed by atoms with Crippen LogP contribution < -0.4 is 10.9 Å². The number of amides is 1. The van der Waals surface area contributed by atoms with E-state index in [0.717, 1.165) is 41.8 Å². The van der Waals surface area contributed by atoms with Crippen molar-refractivity contribution in [3.05, 3.63) is 57.0 Å². The lowest BCUT2D eigenvalue weighted by Crippen LogP contribution is -2.32. The number of fused-ring (bicyclic) bond motifs is 3. The first kappa shape index (κ1) is 17.9. The van der Waals surface area contributed by atoms with Crippen LogP contribution in [0.25, 0.3) is 10.2 Å². The van der Waals surface area contributed by atoms with Crippen LogP contribution in [0.15, 0.2) is 35.4 Å². The van der Waals surface area contributed by atoms with Crippen molar-refractivity contribution in [3.8, 4) is 0 Å². The Bertz CT molecular complexity index is 1050. The van der Waals surface area contributed by atoms with Gasteiger partial charge in [0, 0.05) is 10.6 Å². The normalized spacial score (nSPS) is 14.7. The number of aryl methyl sites for hydroxylation is 3. The summed E-state index contributed by atoms with van der Waals surface area (Å²) in [6.07, 6.45) is 6.70. The number of carbonyl (C=O) groups is 1. The monoisotopic (exact) mass is 381 g/mol. The van der Waals surface area contributed by atoms with Gasteiger partial charge in [-0.05, 0) is 62.3 Å². The lowest BCUT2D eigenvalue weighted by molar-refractivity contribution is -0.118. The van der Waals surface area contributed by atoms with Crippen molar-refractivity contribution in [2.75, 3.05) is 5.32 Å². The molecule has 2 heterocycles. The third-order valence-electron chi connectivity index (χ3n) is 5.33. The summed E-state index contributed by atoms with van der Waals surface area (Å²) < 4.78 is 1.46. The molecule has 4 rings (SSSR count). The fourth-order valence-corrected chi connectivity index (χ4v) is 4.85. The maximum absolute atomic E-state index is 13.1. The van der Waals surface area contributed by atoms with Gasteiger partial charge in [0.05, 0.1) is 11.7 Å². The summed E-state index contributed by atoms with van der Waals surface area (Å²) >= 11 is 1.62. The third kappa shape index (κ3) is 3.30. The Morgan fingerprint density at radius 2 is 2.00 bits per heavy atom. The van der Waals surface area contributed by atoms with Crippen LogP contribution in [0.3, 0.4) is 0 Å². The lowest BCUT2D eigenvalue weighted by Gasteiger charge is -2.15. The Kier molecular flexibility index (Phi) is 4.83. The van der Waals surface area contributed by atoms with Crippen LogP contribution in [-0.4, -0.2) is 15.5 Å². The van der Waals surface area contributed by atoms with Crippen molar-refractivity contribution in [1.82, 2.24) is 9.55 Å². The Morgan fingerprint density at radius 3 is 2.74 bits per heavy atom. The van der Waals surface area contributed by atoms with Gasteiger partial charge in [0.25, 0.3) is 5.56 Å². The predicted molar refractivity (Wildman–Crippen MR) is 110 cm³/mol. The molecule has 6 heteroatoms. The molecule has 1 amide bonds. The Labute approximate surface area is 162 Å². The Hall–Kier alpha value is -2.47. The van der Waals surface area contributed by atoms with Crippen LogP contribution in [0.5, 0.6) is 0 Å². The van der Waals surface area contributed by atoms with E-state index < -0.39 is 6.04 Å². The van der Waals surface area contributed by atoms with Gasteiger partial charge in [-0.15, -0.1) is 11.3 Å². The molecule has 0 unspecified atom stereocenters. The van der Waals surface area contributed by atoms with Gasteiger partial charge >= 0.3 is 0 Å². The van der Waals surface area contributed by atoms with Gasteiger partial charge in [-0.3, -0.25) is 14.2 Å². The third-order valence-corrected chi connectivity index (χ3v) is 6.53. The number of nitrogens with one attached hydrogen (secondary N) is 1. The fourth-order valence-electron chi connectivity index (χ4n) is 3.63. The number of aromatic nitrogens is 2. The van der Waals surface area contributed by atoms with Crippen LogP contribution in [0, 0.1) is 0 Å². The van der Waals surface area contributed by atoms with E-state index in [2.05, 4.69) is 17.2 Å². The molecule has 0 radical (unpaired) electrons.